The van der Waals surface area contributed by atoms with Gasteiger partial charge in [0.05, 0.1) is 5.56 Å². The van der Waals surface area contributed by atoms with E-state index in [9.17, 15) is 4.79 Å². The topological polar surface area (TPSA) is 95.6 Å². The number of carbonyl (C=O) groups is 1. The molecular weight excluding hydrogens is 256 g/mol. The number of carbonyl (C=O) groups excluding carboxylic acids is 1. The minimum Gasteiger partial charge on any atom is -0.370 e. The Hall–Kier alpha value is -2.44. The number of amides is 1. The van der Waals surface area contributed by atoms with Gasteiger partial charge in [0, 0.05) is 25.7 Å². The fraction of sp³-hybridized carbons (Fsp3) is 0.385. The van der Waals surface area contributed by atoms with E-state index in [2.05, 4.69) is 30.8 Å². The van der Waals surface area contributed by atoms with Crippen molar-refractivity contribution in [1.82, 2.24) is 25.5 Å². The maximum Gasteiger partial charge on any atom is 0.252 e. The molecule has 7 heteroatoms. The summed E-state index contributed by atoms with van der Waals surface area (Å²) in [6.45, 7) is 3.39. The third-order valence-electron chi connectivity index (χ3n) is 2.72. The van der Waals surface area contributed by atoms with Gasteiger partial charge in [-0.1, -0.05) is 0 Å². The van der Waals surface area contributed by atoms with Crippen molar-refractivity contribution >= 4 is 11.7 Å². The standard InChI is InChI=1S/C13H18N6O/c1-2-14-11-6-5-10(8-16-11)13(20)15-7-3-4-12-17-9-18-19-12/h5-6,8-9H,2-4,7H2,1H3,(H,14,16)(H,15,20)(H,17,18,19). The van der Waals surface area contributed by atoms with Gasteiger partial charge in [-0.25, -0.2) is 9.97 Å². The lowest BCUT2D eigenvalue weighted by molar-refractivity contribution is 0.0953. The second-order valence-electron chi connectivity index (χ2n) is 4.25. The SMILES string of the molecule is CCNc1ccc(C(=O)NCCCc2ncn[nH]2)cn1. The number of rotatable bonds is 7. The van der Waals surface area contributed by atoms with Crippen molar-refractivity contribution in [2.45, 2.75) is 19.8 Å². The van der Waals surface area contributed by atoms with Crippen LogP contribution in [0.25, 0.3) is 0 Å². The zero-order chi connectivity index (χ0) is 14.2. The van der Waals surface area contributed by atoms with Crippen molar-refractivity contribution < 1.29 is 4.79 Å². The number of H-pyrrole nitrogens is 1. The van der Waals surface area contributed by atoms with Gasteiger partial charge in [0.2, 0.25) is 0 Å². The second-order valence-corrected chi connectivity index (χ2v) is 4.25. The Morgan fingerprint density at radius 1 is 1.35 bits per heavy atom. The van der Waals surface area contributed by atoms with Crippen LogP contribution < -0.4 is 10.6 Å². The molecule has 0 bridgehead atoms. The predicted octanol–water partition coefficient (Wildman–Crippen LogP) is 0.994. The zero-order valence-electron chi connectivity index (χ0n) is 11.4. The fourth-order valence-electron chi connectivity index (χ4n) is 1.72. The molecule has 0 saturated heterocycles. The van der Waals surface area contributed by atoms with E-state index >= 15 is 0 Å². The van der Waals surface area contributed by atoms with E-state index in [0.717, 1.165) is 31.0 Å². The Balaban J connectivity index is 1.73. The molecule has 0 saturated carbocycles. The molecule has 0 aliphatic heterocycles. The first-order chi connectivity index (χ1) is 9.79. The van der Waals surface area contributed by atoms with Crippen LogP contribution in [0.4, 0.5) is 5.82 Å². The second kappa shape index (κ2) is 7.22. The number of aryl methyl sites for hydroxylation is 1. The van der Waals surface area contributed by atoms with E-state index in [1.807, 2.05) is 6.92 Å². The summed E-state index contributed by atoms with van der Waals surface area (Å²) in [6, 6.07) is 3.56. The molecule has 1 amide bonds. The number of nitrogens with zero attached hydrogens (tertiary/aromatic N) is 3. The average Bonchev–Trinajstić information content (AvgIpc) is 2.98. The normalized spacial score (nSPS) is 10.2. The Kier molecular flexibility index (Phi) is 5.05. The van der Waals surface area contributed by atoms with Crippen molar-refractivity contribution in [3.63, 3.8) is 0 Å². The monoisotopic (exact) mass is 274 g/mol. The number of aromatic amines is 1. The largest absolute Gasteiger partial charge is 0.370 e. The number of pyridine rings is 1. The van der Waals surface area contributed by atoms with Crippen LogP contribution in [0.1, 0.15) is 29.5 Å². The molecule has 106 valence electrons. The average molecular weight is 274 g/mol. The quantitative estimate of drug-likeness (QED) is 0.654. The Morgan fingerprint density at radius 3 is 2.90 bits per heavy atom. The van der Waals surface area contributed by atoms with Gasteiger partial charge in [-0.3, -0.25) is 9.89 Å². The number of hydrogen-bond acceptors (Lipinski definition) is 5. The van der Waals surface area contributed by atoms with Crippen LogP contribution in [0.2, 0.25) is 0 Å². The molecule has 0 radical (unpaired) electrons. The van der Waals surface area contributed by atoms with Crippen LogP contribution >= 0.6 is 0 Å². The number of hydrogen-bond donors (Lipinski definition) is 3. The van der Waals surface area contributed by atoms with Crippen molar-refractivity contribution in [3.05, 3.63) is 36.0 Å². The molecule has 0 unspecified atom stereocenters. The summed E-state index contributed by atoms with van der Waals surface area (Å²) in [4.78, 5) is 20.1. The van der Waals surface area contributed by atoms with Gasteiger partial charge in [0.25, 0.3) is 5.91 Å². The van der Waals surface area contributed by atoms with Crippen LogP contribution in [-0.4, -0.2) is 39.2 Å². The molecule has 0 spiro atoms. The Labute approximate surface area is 117 Å². The maximum atomic E-state index is 11.9. The lowest BCUT2D eigenvalue weighted by Crippen LogP contribution is -2.25. The first kappa shape index (κ1) is 14.0. The van der Waals surface area contributed by atoms with Gasteiger partial charge < -0.3 is 10.6 Å². The molecule has 2 heterocycles. The molecule has 0 aromatic carbocycles. The highest BCUT2D eigenvalue weighted by Gasteiger charge is 2.05. The van der Waals surface area contributed by atoms with Crippen LogP contribution in [0.15, 0.2) is 24.7 Å². The summed E-state index contributed by atoms with van der Waals surface area (Å²) < 4.78 is 0. The van der Waals surface area contributed by atoms with Crippen LogP contribution in [0, 0.1) is 0 Å². The number of nitrogens with one attached hydrogen (secondary N) is 3. The molecule has 0 aliphatic carbocycles. The summed E-state index contributed by atoms with van der Waals surface area (Å²) >= 11 is 0. The molecule has 7 nitrogen and oxygen atoms in total. The summed E-state index contributed by atoms with van der Waals surface area (Å²) in [6.07, 6.45) is 4.62. The van der Waals surface area contributed by atoms with E-state index < -0.39 is 0 Å². The molecule has 3 N–H and O–H groups in total. The van der Waals surface area contributed by atoms with Gasteiger partial charge in [-0.05, 0) is 25.5 Å². The first-order valence-electron chi connectivity index (χ1n) is 6.62. The Morgan fingerprint density at radius 2 is 2.25 bits per heavy atom. The molecule has 2 rings (SSSR count). The molecule has 20 heavy (non-hydrogen) atoms. The third-order valence-corrected chi connectivity index (χ3v) is 2.72. The molecule has 2 aromatic heterocycles. The predicted molar refractivity (Wildman–Crippen MR) is 75.4 cm³/mol. The minimum atomic E-state index is -0.113. The zero-order valence-corrected chi connectivity index (χ0v) is 11.4. The van der Waals surface area contributed by atoms with Crippen LogP contribution in [0.3, 0.4) is 0 Å². The van der Waals surface area contributed by atoms with Gasteiger partial charge in [-0.15, -0.1) is 0 Å². The van der Waals surface area contributed by atoms with Crippen molar-refractivity contribution in [1.29, 1.82) is 0 Å². The first-order valence-corrected chi connectivity index (χ1v) is 6.62. The van der Waals surface area contributed by atoms with Crippen LogP contribution in [-0.2, 0) is 6.42 Å². The fourth-order valence-corrected chi connectivity index (χ4v) is 1.72. The van der Waals surface area contributed by atoms with E-state index in [0.29, 0.717) is 12.1 Å². The Bertz CT molecular complexity index is 522. The summed E-state index contributed by atoms with van der Waals surface area (Å²) in [5.74, 6) is 1.49. The number of anilines is 1. The summed E-state index contributed by atoms with van der Waals surface area (Å²) in [7, 11) is 0. The summed E-state index contributed by atoms with van der Waals surface area (Å²) in [5, 5.41) is 12.5. The van der Waals surface area contributed by atoms with Gasteiger partial charge in [-0.2, -0.15) is 5.10 Å². The smallest absolute Gasteiger partial charge is 0.252 e. The van der Waals surface area contributed by atoms with E-state index in [-0.39, 0.29) is 5.91 Å². The minimum absolute atomic E-state index is 0.113. The molecule has 0 aliphatic rings. The lowest BCUT2D eigenvalue weighted by atomic mass is 10.2. The molecule has 2 aromatic rings. The van der Waals surface area contributed by atoms with E-state index in [4.69, 9.17) is 0 Å². The van der Waals surface area contributed by atoms with Gasteiger partial charge in [0.1, 0.15) is 18.0 Å². The van der Waals surface area contributed by atoms with Crippen LogP contribution in [0.5, 0.6) is 0 Å². The van der Waals surface area contributed by atoms with Gasteiger partial charge in [0.15, 0.2) is 0 Å². The highest BCUT2D eigenvalue weighted by Crippen LogP contribution is 2.04. The number of aromatic nitrogens is 4. The highest BCUT2D eigenvalue weighted by atomic mass is 16.1. The third kappa shape index (κ3) is 4.04. The van der Waals surface area contributed by atoms with Crippen molar-refractivity contribution in [2.24, 2.45) is 0 Å². The highest BCUT2D eigenvalue weighted by molar-refractivity contribution is 5.93. The van der Waals surface area contributed by atoms with E-state index in [1.165, 1.54) is 6.33 Å². The summed E-state index contributed by atoms with van der Waals surface area (Å²) in [5.41, 5.74) is 0.561. The molecular formula is C13H18N6O. The molecule has 0 fully saturated rings. The lowest BCUT2D eigenvalue weighted by Gasteiger charge is -2.05. The van der Waals surface area contributed by atoms with Crippen molar-refractivity contribution in [3.8, 4) is 0 Å². The van der Waals surface area contributed by atoms with Gasteiger partial charge >= 0.3 is 0 Å². The molecule has 0 atom stereocenters. The maximum absolute atomic E-state index is 11.9. The van der Waals surface area contributed by atoms with E-state index in [1.54, 1.807) is 18.3 Å². The van der Waals surface area contributed by atoms with Crippen molar-refractivity contribution in [2.75, 3.05) is 18.4 Å².